The molecule has 7 heteroatoms. The van der Waals surface area contributed by atoms with Gasteiger partial charge in [-0.05, 0) is 47.2 Å². The number of rotatable bonds is 6. The van der Waals surface area contributed by atoms with Gasteiger partial charge in [0.05, 0.1) is 5.37 Å². The smallest absolute Gasteiger partial charge is 0.278 e. The van der Waals surface area contributed by atoms with Gasteiger partial charge in [-0.1, -0.05) is 35.9 Å². The minimum atomic E-state index is -0.924. The van der Waals surface area contributed by atoms with E-state index in [1.54, 1.807) is 0 Å². The van der Waals surface area contributed by atoms with Crippen LogP contribution in [-0.2, 0) is 13.2 Å². The topological polar surface area (TPSA) is 55.6 Å². The van der Waals surface area contributed by atoms with Crippen LogP contribution < -0.4 is 10.5 Å². The maximum absolute atomic E-state index is 13.7. The molecule has 2 N–H and O–H groups in total. The summed E-state index contributed by atoms with van der Waals surface area (Å²) >= 11 is 6.96. The molecule has 1 heterocycles. The summed E-state index contributed by atoms with van der Waals surface area (Å²) < 4.78 is 19.5. The van der Waals surface area contributed by atoms with Crippen molar-refractivity contribution in [2.24, 2.45) is 5.73 Å². The molecule has 2 atom stereocenters. The number of hydrogen-bond acceptors (Lipinski definition) is 4. The van der Waals surface area contributed by atoms with Crippen LogP contribution in [0.1, 0.15) is 17.5 Å². The highest BCUT2D eigenvalue weighted by Gasteiger charge is 2.33. The van der Waals surface area contributed by atoms with Crippen LogP contribution in [-0.4, -0.2) is 28.2 Å². The van der Waals surface area contributed by atoms with E-state index in [-0.39, 0.29) is 5.37 Å². The third kappa shape index (κ3) is 5.37. The number of thioether (sulfide) groups is 1. The maximum Gasteiger partial charge on any atom is 0.278 e. The molecule has 1 aliphatic rings. The Hall–Kier alpha value is -1.76. The SMILES string of the molecule is NC(=O)SC1C[C@H](F)CN1Cc1ccc(OCc2cccc(Cl)c2)cc1. The molecule has 2 aromatic rings. The van der Waals surface area contributed by atoms with E-state index in [0.29, 0.717) is 31.1 Å². The fraction of sp³-hybridized carbons (Fsp3) is 0.316. The molecule has 1 saturated heterocycles. The summed E-state index contributed by atoms with van der Waals surface area (Å²) in [5.74, 6) is 0.751. The van der Waals surface area contributed by atoms with Gasteiger partial charge in [0.25, 0.3) is 5.24 Å². The van der Waals surface area contributed by atoms with Gasteiger partial charge in [-0.25, -0.2) is 4.39 Å². The standard InChI is InChI=1S/C19H20ClFN2O2S/c20-15-3-1-2-14(8-15)12-25-17-6-4-13(5-7-17)10-23-11-16(21)9-18(23)26-19(22)24/h1-8,16,18H,9-12H2,(H2,22,24)/t16-,18?/m0/s1. The first kappa shape index (κ1) is 19.0. The molecule has 1 amide bonds. The van der Waals surface area contributed by atoms with Crippen molar-refractivity contribution in [3.05, 3.63) is 64.7 Å². The molecule has 1 fully saturated rings. The van der Waals surface area contributed by atoms with Crippen LogP contribution in [0, 0.1) is 0 Å². The highest BCUT2D eigenvalue weighted by atomic mass is 35.5. The van der Waals surface area contributed by atoms with Crippen LogP contribution in [0.2, 0.25) is 5.02 Å². The number of likely N-dealkylation sites (tertiary alicyclic amines) is 1. The number of benzene rings is 2. The number of primary amides is 1. The first-order chi connectivity index (χ1) is 12.5. The third-order valence-electron chi connectivity index (χ3n) is 4.15. The van der Waals surface area contributed by atoms with E-state index in [0.717, 1.165) is 28.6 Å². The Labute approximate surface area is 161 Å². The number of carbonyl (C=O) groups is 1. The Balaban J connectivity index is 1.56. The van der Waals surface area contributed by atoms with Crippen LogP contribution >= 0.6 is 23.4 Å². The largest absolute Gasteiger partial charge is 0.489 e. The summed E-state index contributed by atoms with van der Waals surface area (Å²) in [4.78, 5) is 13.1. The van der Waals surface area contributed by atoms with E-state index in [9.17, 15) is 9.18 Å². The molecule has 0 radical (unpaired) electrons. The van der Waals surface area contributed by atoms with Crippen molar-refractivity contribution < 1.29 is 13.9 Å². The Morgan fingerprint density at radius 1 is 1.27 bits per heavy atom. The number of nitrogens with two attached hydrogens (primary N) is 1. The average molecular weight is 395 g/mol. The number of carbonyl (C=O) groups excluding carboxylic acids is 1. The summed E-state index contributed by atoms with van der Waals surface area (Å²) in [6, 6.07) is 15.2. The number of nitrogens with zero attached hydrogens (tertiary/aromatic N) is 1. The third-order valence-corrected chi connectivity index (χ3v) is 5.38. The van der Waals surface area contributed by atoms with E-state index in [1.807, 2.05) is 53.4 Å². The van der Waals surface area contributed by atoms with Crippen molar-refractivity contribution >= 4 is 28.6 Å². The van der Waals surface area contributed by atoms with Crippen LogP contribution in [0.3, 0.4) is 0 Å². The van der Waals surface area contributed by atoms with Gasteiger partial charge >= 0.3 is 0 Å². The van der Waals surface area contributed by atoms with Gasteiger partial charge in [-0.2, -0.15) is 0 Å². The lowest BCUT2D eigenvalue weighted by Crippen LogP contribution is -2.28. The molecular formula is C19H20ClFN2O2S. The second-order valence-corrected chi connectivity index (χ2v) is 7.84. The van der Waals surface area contributed by atoms with E-state index in [1.165, 1.54) is 0 Å². The molecule has 4 nitrogen and oxygen atoms in total. The normalized spacial score (nSPS) is 20.2. The molecular weight excluding hydrogens is 375 g/mol. The zero-order valence-electron chi connectivity index (χ0n) is 14.1. The lowest BCUT2D eigenvalue weighted by Gasteiger charge is -2.22. The zero-order valence-corrected chi connectivity index (χ0v) is 15.7. The van der Waals surface area contributed by atoms with Crippen molar-refractivity contribution in [1.82, 2.24) is 4.90 Å². The summed E-state index contributed by atoms with van der Waals surface area (Å²) in [6.07, 6.45) is -0.596. The Morgan fingerprint density at radius 3 is 2.73 bits per heavy atom. The summed E-state index contributed by atoms with van der Waals surface area (Å²) in [7, 11) is 0. The first-order valence-corrected chi connectivity index (χ1v) is 9.56. The molecule has 0 aliphatic carbocycles. The van der Waals surface area contributed by atoms with Gasteiger partial charge in [0.2, 0.25) is 0 Å². The minimum Gasteiger partial charge on any atom is -0.489 e. The van der Waals surface area contributed by atoms with Crippen LogP contribution in [0.25, 0.3) is 0 Å². The molecule has 138 valence electrons. The fourth-order valence-corrected chi connectivity index (χ4v) is 4.05. The van der Waals surface area contributed by atoms with Crippen molar-refractivity contribution in [2.45, 2.75) is 31.1 Å². The van der Waals surface area contributed by atoms with Gasteiger partial charge in [-0.3, -0.25) is 9.69 Å². The van der Waals surface area contributed by atoms with E-state index in [4.69, 9.17) is 22.1 Å². The number of alkyl halides is 1. The van der Waals surface area contributed by atoms with Gasteiger partial charge in [0, 0.05) is 24.5 Å². The number of amides is 1. The van der Waals surface area contributed by atoms with Gasteiger partial charge in [0.15, 0.2) is 0 Å². The molecule has 2 aromatic carbocycles. The minimum absolute atomic E-state index is 0.207. The Morgan fingerprint density at radius 2 is 2.04 bits per heavy atom. The lowest BCUT2D eigenvalue weighted by atomic mass is 10.2. The maximum atomic E-state index is 13.7. The van der Waals surface area contributed by atoms with Crippen molar-refractivity contribution in [3.8, 4) is 5.75 Å². The van der Waals surface area contributed by atoms with Gasteiger partial charge in [-0.15, -0.1) is 0 Å². The quantitative estimate of drug-likeness (QED) is 0.777. The van der Waals surface area contributed by atoms with Crippen molar-refractivity contribution in [2.75, 3.05) is 6.54 Å². The van der Waals surface area contributed by atoms with Crippen molar-refractivity contribution in [1.29, 1.82) is 0 Å². The molecule has 0 spiro atoms. The van der Waals surface area contributed by atoms with Crippen LogP contribution in [0.5, 0.6) is 5.75 Å². The highest BCUT2D eigenvalue weighted by molar-refractivity contribution is 8.14. The molecule has 0 saturated carbocycles. The van der Waals surface area contributed by atoms with Crippen LogP contribution in [0.15, 0.2) is 48.5 Å². The monoisotopic (exact) mass is 394 g/mol. The Kier molecular flexibility index (Phi) is 6.40. The first-order valence-electron chi connectivity index (χ1n) is 8.30. The lowest BCUT2D eigenvalue weighted by molar-refractivity contribution is 0.263. The average Bonchev–Trinajstić information content (AvgIpc) is 2.92. The van der Waals surface area contributed by atoms with E-state index < -0.39 is 11.4 Å². The molecule has 1 aliphatic heterocycles. The van der Waals surface area contributed by atoms with E-state index in [2.05, 4.69) is 0 Å². The Bertz CT molecular complexity index is 759. The fourth-order valence-electron chi connectivity index (χ4n) is 2.96. The summed E-state index contributed by atoms with van der Waals surface area (Å²) in [5.41, 5.74) is 7.26. The van der Waals surface area contributed by atoms with E-state index >= 15 is 0 Å². The van der Waals surface area contributed by atoms with Crippen molar-refractivity contribution in [3.63, 3.8) is 0 Å². The molecule has 0 aromatic heterocycles. The molecule has 26 heavy (non-hydrogen) atoms. The van der Waals surface area contributed by atoms with Gasteiger partial charge < -0.3 is 10.5 Å². The van der Waals surface area contributed by atoms with Gasteiger partial charge in [0.1, 0.15) is 18.5 Å². The second-order valence-electron chi connectivity index (χ2n) is 6.22. The number of ether oxygens (including phenoxy) is 1. The highest BCUT2D eigenvalue weighted by Crippen LogP contribution is 2.30. The number of hydrogen-bond donors (Lipinski definition) is 1. The molecule has 3 rings (SSSR count). The zero-order chi connectivity index (χ0) is 18.5. The number of halogens is 2. The second kappa shape index (κ2) is 8.75. The predicted octanol–water partition coefficient (Wildman–Crippen LogP) is 4.60. The molecule has 0 bridgehead atoms. The summed E-state index contributed by atoms with van der Waals surface area (Å²) in [6.45, 7) is 1.32. The van der Waals surface area contributed by atoms with Crippen LogP contribution in [0.4, 0.5) is 9.18 Å². The predicted molar refractivity (Wildman–Crippen MR) is 103 cm³/mol. The molecule has 1 unspecified atom stereocenters. The summed E-state index contributed by atoms with van der Waals surface area (Å²) in [5, 5.41) is 0.00160.